The molecule has 0 aromatic carbocycles. The molecule has 2 heterocycles. The Morgan fingerprint density at radius 1 is 1.36 bits per heavy atom. The highest BCUT2D eigenvalue weighted by Gasteiger charge is 2.04. The smallest absolute Gasteiger partial charge is 0.337 e. The Morgan fingerprint density at radius 2 is 2.21 bits per heavy atom. The van der Waals surface area contributed by atoms with Crippen molar-refractivity contribution in [3.63, 3.8) is 0 Å². The molecule has 14 heavy (non-hydrogen) atoms. The summed E-state index contributed by atoms with van der Waals surface area (Å²) in [7, 11) is 0. The molecular formula is C10H8O3S. The third-order valence-electron chi connectivity index (χ3n) is 1.75. The van der Waals surface area contributed by atoms with E-state index in [-0.39, 0.29) is 5.63 Å². The maximum atomic E-state index is 11.1. The lowest BCUT2D eigenvalue weighted by molar-refractivity contribution is 0.422. The highest BCUT2D eigenvalue weighted by molar-refractivity contribution is 7.98. The summed E-state index contributed by atoms with van der Waals surface area (Å²) in [5.41, 5.74) is 0.388. The van der Waals surface area contributed by atoms with Gasteiger partial charge in [0, 0.05) is 11.6 Å². The molecule has 0 saturated carbocycles. The van der Waals surface area contributed by atoms with Crippen LogP contribution in [0, 0.1) is 0 Å². The van der Waals surface area contributed by atoms with E-state index in [0.717, 1.165) is 5.56 Å². The Hall–Kier alpha value is -1.42. The van der Waals surface area contributed by atoms with Crippen molar-refractivity contribution >= 4 is 11.8 Å². The first kappa shape index (κ1) is 9.15. The van der Waals surface area contributed by atoms with Crippen LogP contribution in [0.4, 0.5) is 0 Å². The Balaban J connectivity index is 2.54. The van der Waals surface area contributed by atoms with Gasteiger partial charge in [0.25, 0.3) is 0 Å². The van der Waals surface area contributed by atoms with Crippen molar-refractivity contribution in [2.24, 2.45) is 0 Å². The molecule has 2 aromatic rings. The van der Waals surface area contributed by atoms with Crippen molar-refractivity contribution in [1.82, 2.24) is 0 Å². The van der Waals surface area contributed by atoms with Gasteiger partial charge in [-0.2, -0.15) is 0 Å². The van der Waals surface area contributed by atoms with Crippen molar-refractivity contribution < 1.29 is 8.83 Å². The maximum Gasteiger partial charge on any atom is 0.337 e. The molecule has 0 bridgehead atoms. The van der Waals surface area contributed by atoms with E-state index in [1.807, 2.05) is 6.26 Å². The second kappa shape index (κ2) is 3.75. The lowest BCUT2D eigenvalue weighted by Gasteiger charge is -1.97. The molecular weight excluding hydrogens is 200 g/mol. The molecule has 0 N–H and O–H groups in total. The van der Waals surface area contributed by atoms with Crippen LogP contribution in [-0.4, -0.2) is 6.26 Å². The molecule has 0 spiro atoms. The Labute approximate surface area is 84.7 Å². The van der Waals surface area contributed by atoms with E-state index in [9.17, 15) is 4.79 Å². The van der Waals surface area contributed by atoms with E-state index in [1.54, 1.807) is 24.5 Å². The van der Waals surface area contributed by atoms with E-state index in [2.05, 4.69) is 0 Å². The van der Waals surface area contributed by atoms with Crippen LogP contribution in [0.25, 0.3) is 11.3 Å². The van der Waals surface area contributed by atoms with Gasteiger partial charge in [0.15, 0.2) is 5.09 Å². The first-order valence-corrected chi connectivity index (χ1v) is 5.25. The quantitative estimate of drug-likeness (QED) is 0.711. The van der Waals surface area contributed by atoms with Crippen LogP contribution in [0.5, 0.6) is 0 Å². The van der Waals surface area contributed by atoms with Gasteiger partial charge in [0.05, 0.1) is 6.26 Å². The molecule has 0 atom stereocenters. The molecule has 0 aliphatic heterocycles. The SMILES string of the molecule is CSc1cc(-c2ccco2)cc(=O)o1. The Morgan fingerprint density at radius 3 is 2.86 bits per heavy atom. The largest absolute Gasteiger partial charge is 0.464 e. The van der Waals surface area contributed by atoms with E-state index in [0.29, 0.717) is 10.9 Å². The van der Waals surface area contributed by atoms with E-state index >= 15 is 0 Å². The zero-order chi connectivity index (χ0) is 9.97. The fraction of sp³-hybridized carbons (Fsp3) is 0.100. The summed E-state index contributed by atoms with van der Waals surface area (Å²) in [4.78, 5) is 11.1. The van der Waals surface area contributed by atoms with Crippen LogP contribution in [0.15, 0.2) is 49.2 Å². The number of hydrogen-bond acceptors (Lipinski definition) is 4. The molecule has 0 aliphatic carbocycles. The third-order valence-corrected chi connectivity index (χ3v) is 2.36. The molecule has 0 aliphatic rings. The minimum atomic E-state index is -0.358. The van der Waals surface area contributed by atoms with Crippen LogP contribution in [-0.2, 0) is 0 Å². The molecule has 2 aromatic heterocycles. The van der Waals surface area contributed by atoms with Gasteiger partial charge in [-0.15, -0.1) is 0 Å². The van der Waals surface area contributed by atoms with Crippen LogP contribution >= 0.6 is 11.8 Å². The molecule has 72 valence electrons. The van der Waals surface area contributed by atoms with Crippen molar-refractivity contribution in [2.45, 2.75) is 5.09 Å². The summed E-state index contributed by atoms with van der Waals surface area (Å²) in [5, 5.41) is 0.587. The summed E-state index contributed by atoms with van der Waals surface area (Å²) in [5.74, 6) is 0.674. The molecule has 4 heteroatoms. The first-order chi connectivity index (χ1) is 6.79. The fourth-order valence-corrected chi connectivity index (χ4v) is 1.55. The van der Waals surface area contributed by atoms with Gasteiger partial charge >= 0.3 is 5.63 Å². The highest BCUT2D eigenvalue weighted by Crippen LogP contribution is 2.22. The van der Waals surface area contributed by atoms with Gasteiger partial charge in [0.2, 0.25) is 0 Å². The van der Waals surface area contributed by atoms with Crippen LogP contribution in [0.3, 0.4) is 0 Å². The van der Waals surface area contributed by atoms with Gasteiger partial charge in [0.1, 0.15) is 5.76 Å². The Bertz CT molecular complexity index is 470. The van der Waals surface area contributed by atoms with Crippen molar-refractivity contribution in [2.75, 3.05) is 6.26 Å². The highest BCUT2D eigenvalue weighted by atomic mass is 32.2. The van der Waals surface area contributed by atoms with E-state index in [1.165, 1.54) is 17.8 Å². The minimum absolute atomic E-state index is 0.358. The van der Waals surface area contributed by atoms with Gasteiger partial charge in [-0.25, -0.2) is 4.79 Å². The normalized spacial score (nSPS) is 10.4. The van der Waals surface area contributed by atoms with Crippen LogP contribution in [0.1, 0.15) is 0 Å². The average molecular weight is 208 g/mol. The van der Waals surface area contributed by atoms with E-state index < -0.39 is 0 Å². The summed E-state index contributed by atoms with van der Waals surface area (Å²) in [6, 6.07) is 6.78. The Kier molecular flexibility index (Phi) is 2.45. The number of furan rings is 1. The van der Waals surface area contributed by atoms with Crippen molar-refractivity contribution in [3.8, 4) is 11.3 Å². The molecule has 0 amide bonds. The number of hydrogen-bond donors (Lipinski definition) is 0. The van der Waals surface area contributed by atoms with Crippen molar-refractivity contribution in [3.05, 3.63) is 40.9 Å². The minimum Gasteiger partial charge on any atom is -0.464 e. The fourth-order valence-electron chi connectivity index (χ4n) is 1.14. The summed E-state index contributed by atoms with van der Waals surface area (Å²) < 4.78 is 10.1. The average Bonchev–Trinajstić information content (AvgIpc) is 2.69. The molecule has 0 saturated heterocycles. The summed E-state index contributed by atoms with van der Waals surface area (Å²) in [6.07, 6.45) is 3.42. The van der Waals surface area contributed by atoms with Crippen LogP contribution < -0.4 is 5.63 Å². The number of rotatable bonds is 2. The predicted octanol–water partition coefficient (Wildman–Crippen LogP) is 2.62. The molecule has 0 radical (unpaired) electrons. The summed E-state index contributed by atoms with van der Waals surface area (Å²) >= 11 is 1.39. The molecule has 2 rings (SSSR count). The monoisotopic (exact) mass is 208 g/mol. The molecule has 0 fully saturated rings. The van der Waals surface area contributed by atoms with Crippen molar-refractivity contribution in [1.29, 1.82) is 0 Å². The van der Waals surface area contributed by atoms with Gasteiger partial charge < -0.3 is 8.83 Å². The lowest BCUT2D eigenvalue weighted by atomic mass is 10.2. The first-order valence-electron chi connectivity index (χ1n) is 4.02. The van der Waals surface area contributed by atoms with E-state index in [4.69, 9.17) is 8.83 Å². The summed E-state index contributed by atoms with van der Waals surface area (Å²) in [6.45, 7) is 0. The zero-order valence-electron chi connectivity index (χ0n) is 7.52. The van der Waals surface area contributed by atoms with Crippen LogP contribution in [0.2, 0.25) is 0 Å². The van der Waals surface area contributed by atoms with Gasteiger partial charge in [-0.3, -0.25) is 0 Å². The van der Waals surface area contributed by atoms with Gasteiger partial charge in [-0.1, -0.05) is 11.8 Å². The maximum absolute atomic E-state index is 11.1. The van der Waals surface area contributed by atoms with Gasteiger partial charge in [-0.05, 0) is 24.5 Å². The second-order valence-corrected chi connectivity index (χ2v) is 3.48. The topological polar surface area (TPSA) is 43.4 Å². The predicted molar refractivity (Wildman–Crippen MR) is 54.5 cm³/mol. The third kappa shape index (κ3) is 1.75. The molecule has 3 nitrogen and oxygen atoms in total. The second-order valence-electron chi connectivity index (χ2n) is 2.67. The standard InChI is InChI=1S/C10H8O3S/c1-14-10-6-7(5-9(11)13-10)8-3-2-4-12-8/h2-6H,1H3. The number of thioether (sulfide) groups is 1. The lowest BCUT2D eigenvalue weighted by Crippen LogP contribution is -1.97. The zero-order valence-corrected chi connectivity index (χ0v) is 8.34. The molecule has 0 unspecified atom stereocenters.